The number of benzene rings is 2. The van der Waals surface area contributed by atoms with E-state index in [1.807, 2.05) is 0 Å². The van der Waals surface area contributed by atoms with Gasteiger partial charge in [0.25, 0.3) is 0 Å². The van der Waals surface area contributed by atoms with Crippen LogP contribution in [0.15, 0.2) is 46.3 Å². The molecule has 0 aliphatic carbocycles. The van der Waals surface area contributed by atoms with Gasteiger partial charge in [0, 0.05) is 11.1 Å². The fraction of sp³-hybridized carbons (Fsp3) is 0.278. The quantitative estimate of drug-likeness (QED) is 0.202. The molecule has 10 heteroatoms. The Morgan fingerprint density at radius 2 is 1.68 bits per heavy atom. The molecule has 2 aromatic carbocycles. The van der Waals surface area contributed by atoms with Crippen LogP contribution in [0.2, 0.25) is 0 Å². The van der Waals surface area contributed by atoms with Crippen molar-refractivity contribution in [2.45, 2.75) is 29.5 Å². The molecular formula is C18H13ClF7NS. The molecule has 0 aliphatic heterocycles. The predicted octanol–water partition coefficient (Wildman–Crippen LogP) is 7.49. The third-order valence-corrected chi connectivity index (χ3v) is 5.12. The third-order valence-electron chi connectivity index (χ3n) is 3.54. The molecule has 0 heterocycles. The molecule has 28 heavy (non-hydrogen) atoms. The molecule has 0 radical (unpaired) electrons. The SMILES string of the molecule is Cc1cc(F)c(N=CC(Cl)c2ccc(C(F)(F)F)cc2)cc1SCC(F)(F)F. The van der Waals surface area contributed by atoms with Crippen LogP contribution in [0.1, 0.15) is 22.1 Å². The highest BCUT2D eigenvalue weighted by molar-refractivity contribution is 7.99. The van der Waals surface area contributed by atoms with E-state index in [0.29, 0.717) is 22.9 Å². The Labute approximate surface area is 165 Å². The number of alkyl halides is 7. The van der Waals surface area contributed by atoms with Crippen molar-refractivity contribution in [3.05, 3.63) is 58.9 Å². The number of halogens is 8. The maximum Gasteiger partial charge on any atom is 0.416 e. The van der Waals surface area contributed by atoms with Gasteiger partial charge in [-0.25, -0.2) is 4.39 Å². The average Bonchev–Trinajstić information content (AvgIpc) is 2.58. The number of aryl methyl sites for hydroxylation is 1. The molecule has 1 atom stereocenters. The van der Waals surface area contributed by atoms with Crippen molar-refractivity contribution in [3.63, 3.8) is 0 Å². The zero-order chi connectivity index (χ0) is 21.1. The first-order chi connectivity index (χ1) is 12.9. The molecule has 0 amide bonds. The maximum absolute atomic E-state index is 14.0. The molecule has 0 N–H and O–H groups in total. The van der Waals surface area contributed by atoms with E-state index in [9.17, 15) is 30.7 Å². The molecule has 0 bridgehead atoms. The summed E-state index contributed by atoms with van der Waals surface area (Å²) < 4.78 is 88.9. The van der Waals surface area contributed by atoms with Crippen LogP contribution in [0, 0.1) is 12.7 Å². The Morgan fingerprint density at radius 3 is 2.21 bits per heavy atom. The Hall–Kier alpha value is -1.74. The van der Waals surface area contributed by atoms with Crippen LogP contribution in [0.3, 0.4) is 0 Å². The van der Waals surface area contributed by atoms with Gasteiger partial charge in [-0.2, -0.15) is 26.3 Å². The fourth-order valence-corrected chi connectivity index (χ4v) is 3.15. The van der Waals surface area contributed by atoms with E-state index >= 15 is 0 Å². The lowest BCUT2D eigenvalue weighted by atomic mass is 10.1. The van der Waals surface area contributed by atoms with Crippen molar-refractivity contribution in [3.8, 4) is 0 Å². The highest BCUT2D eigenvalue weighted by Gasteiger charge is 2.30. The lowest BCUT2D eigenvalue weighted by Gasteiger charge is -2.10. The Bertz CT molecular complexity index is 845. The van der Waals surface area contributed by atoms with Crippen LogP contribution in [0.25, 0.3) is 0 Å². The van der Waals surface area contributed by atoms with Gasteiger partial charge in [0.2, 0.25) is 0 Å². The number of aliphatic imine (C=N–C) groups is 1. The van der Waals surface area contributed by atoms with E-state index in [1.165, 1.54) is 25.1 Å². The van der Waals surface area contributed by atoms with Crippen LogP contribution in [0.4, 0.5) is 36.4 Å². The van der Waals surface area contributed by atoms with Gasteiger partial charge in [0.15, 0.2) is 0 Å². The van der Waals surface area contributed by atoms with E-state index in [2.05, 4.69) is 4.99 Å². The molecule has 0 aliphatic rings. The first-order valence-electron chi connectivity index (χ1n) is 7.72. The minimum atomic E-state index is -4.48. The van der Waals surface area contributed by atoms with Crippen molar-refractivity contribution in [1.29, 1.82) is 0 Å². The summed E-state index contributed by atoms with van der Waals surface area (Å²) in [6.45, 7) is 1.47. The summed E-state index contributed by atoms with van der Waals surface area (Å²) in [5.74, 6) is -1.88. The predicted molar refractivity (Wildman–Crippen MR) is 96.1 cm³/mol. The monoisotopic (exact) mass is 443 g/mol. The van der Waals surface area contributed by atoms with Gasteiger partial charge in [-0.05, 0) is 42.3 Å². The van der Waals surface area contributed by atoms with Crippen molar-refractivity contribution < 1.29 is 30.7 Å². The molecule has 152 valence electrons. The van der Waals surface area contributed by atoms with Gasteiger partial charge in [0.1, 0.15) is 5.82 Å². The van der Waals surface area contributed by atoms with Gasteiger partial charge in [-0.1, -0.05) is 12.1 Å². The van der Waals surface area contributed by atoms with Crippen LogP contribution in [0.5, 0.6) is 0 Å². The smallest absolute Gasteiger partial charge is 0.256 e. The summed E-state index contributed by atoms with van der Waals surface area (Å²) >= 11 is 6.57. The second-order valence-electron chi connectivity index (χ2n) is 5.77. The average molecular weight is 444 g/mol. The summed E-state index contributed by atoms with van der Waals surface area (Å²) in [4.78, 5) is 4.07. The third kappa shape index (κ3) is 6.41. The normalized spacial score (nSPS) is 13.9. The fourth-order valence-electron chi connectivity index (χ4n) is 2.14. The van der Waals surface area contributed by atoms with Crippen molar-refractivity contribution in [2.24, 2.45) is 4.99 Å². The minimum Gasteiger partial charge on any atom is -0.256 e. The standard InChI is InChI=1S/C18H13ClF7NS/c1-10-6-14(20)15(7-16(10)28-9-17(21,22)23)27-8-13(19)11-2-4-12(5-3-11)18(24,25)26/h2-8,13H,9H2,1H3. The molecule has 0 saturated heterocycles. The molecule has 1 nitrogen and oxygen atoms in total. The molecule has 1 unspecified atom stereocenters. The second kappa shape index (κ2) is 8.73. The van der Waals surface area contributed by atoms with Gasteiger partial charge < -0.3 is 0 Å². The molecule has 0 saturated carbocycles. The number of rotatable bonds is 5. The Kier molecular flexibility index (Phi) is 7.03. The van der Waals surface area contributed by atoms with Crippen molar-refractivity contribution in [2.75, 3.05) is 5.75 Å². The van der Waals surface area contributed by atoms with E-state index in [4.69, 9.17) is 11.6 Å². The lowest BCUT2D eigenvalue weighted by Crippen LogP contribution is -2.10. The summed E-state index contributed by atoms with van der Waals surface area (Å²) in [6, 6.07) is 6.29. The molecule has 0 spiro atoms. The number of hydrogen-bond donors (Lipinski definition) is 0. The van der Waals surface area contributed by atoms with Crippen LogP contribution in [-0.4, -0.2) is 18.1 Å². The molecular weight excluding hydrogens is 431 g/mol. The highest BCUT2D eigenvalue weighted by Crippen LogP contribution is 2.34. The Morgan fingerprint density at radius 1 is 1.07 bits per heavy atom. The highest BCUT2D eigenvalue weighted by atomic mass is 35.5. The van der Waals surface area contributed by atoms with Gasteiger partial charge >= 0.3 is 12.4 Å². The van der Waals surface area contributed by atoms with E-state index in [-0.39, 0.29) is 10.6 Å². The summed E-state index contributed by atoms with van der Waals surface area (Å²) in [5.41, 5.74) is -0.422. The number of hydrogen-bond acceptors (Lipinski definition) is 2. The summed E-state index contributed by atoms with van der Waals surface area (Å²) in [7, 11) is 0. The van der Waals surface area contributed by atoms with Crippen LogP contribution < -0.4 is 0 Å². The number of thioether (sulfide) groups is 1. The first-order valence-corrected chi connectivity index (χ1v) is 9.14. The van der Waals surface area contributed by atoms with Crippen molar-refractivity contribution >= 4 is 35.3 Å². The molecule has 2 rings (SSSR count). The van der Waals surface area contributed by atoms with Gasteiger partial charge in [-0.3, -0.25) is 4.99 Å². The maximum atomic E-state index is 14.0. The van der Waals surface area contributed by atoms with E-state index < -0.39 is 34.9 Å². The lowest BCUT2D eigenvalue weighted by molar-refractivity contribution is -0.137. The molecule has 0 aromatic heterocycles. The molecule has 2 aromatic rings. The zero-order valence-electron chi connectivity index (χ0n) is 14.2. The van der Waals surface area contributed by atoms with Crippen LogP contribution >= 0.6 is 23.4 Å². The zero-order valence-corrected chi connectivity index (χ0v) is 15.8. The second-order valence-corrected chi connectivity index (χ2v) is 7.26. The van der Waals surface area contributed by atoms with Crippen LogP contribution in [-0.2, 0) is 6.18 Å². The van der Waals surface area contributed by atoms with Gasteiger partial charge in [0.05, 0.1) is 22.4 Å². The summed E-state index contributed by atoms with van der Waals surface area (Å²) in [5, 5.41) is -0.950. The topological polar surface area (TPSA) is 12.4 Å². The molecule has 0 fully saturated rings. The largest absolute Gasteiger partial charge is 0.416 e. The van der Waals surface area contributed by atoms with E-state index in [0.717, 1.165) is 24.4 Å². The van der Waals surface area contributed by atoms with Gasteiger partial charge in [-0.15, -0.1) is 23.4 Å². The van der Waals surface area contributed by atoms with E-state index in [1.54, 1.807) is 0 Å². The van der Waals surface area contributed by atoms with Crippen molar-refractivity contribution in [1.82, 2.24) is 0 Å². The Balaban J connectivity index is 2.18. The number of nitrogens with zero attached hydrogens (tertiary/aromatic N) is 1. The summed E-state index contributed by atoms with van der Waals surface area (Å²) in [6.07, 6.45) is -7.75. The minimum absolute atomic E-state index is 0.214. The first kappa shape index (κ1) is 22.5.